The van der Waals surface area contributed by atoms with Gasteiger partial charge in [-0.25, -0.2) is 0 Å². The van der Waals surface area contributed by atoms with Crippen LogP contribution in [0.25, 0.3) is 5.69 Å². The quantitative estimate of drug-likeness (QED) is 0.782. The summed E-state index contributed by atoms with van der Waals surface area (Å²) < 4.78 is 44.4. The van der Waals surface area contributed by atoms with E-state index in [4.69, 9.17) is 4.74 Å². The van der Waals surface area contributed by atoms with Crippen LogP contribution in [0.3, 0.4) is 0 Å². The first-order valence-electron chi connectivity index (χ1n) is 5.42. The first-order chi connectivity index (χ1) is 8.89. The first-order valence-corrected chi connectivity index (χ1v) is 5.42. The summed E-state index contributed by atoms with van der Waals surface area (Å²) in [7, 11) is 0. The number of alkyl halides is 3. The molecule has 2 aromatic rings. The molecule has 0 aliphatic heterocycles. The molecule has 2 rings (SSSR count). The molecule has 0 radical (unpaired) electrons. The van der Waals surface area contributed by atoms with Crippen molar-refractivity contribution in [2.45, 2.75) is 13.1 Å². The number of aromatic nitrogens is 1. The molecule has 6 heteroatoms. The molecule has 0 N–H and O–H groups in total. The predicted octanol–water partition coefficient (Wildman–Crippen LogP) is 3.42. The molecule has 1 aromatic carbocycles. The highest BCUT2D eigenvalue weighted by Gasteiger charge is 2.37. The van der Waals surface area contributed by atoms with Crippen molar-refractivity contribution in [1.29, 1.82) is 0 Å². The Bertz CT molecular complexity index is 588. The van der Waals surface area contributed by atoms with E-state index < -0.39 is 23.6 Å². The summed E-state index contributed by atoms with van der Waals surface area (Å²) in [6.45, 7) is 1.06. The molecule has 0 aliphatic carbocycles. The van der Waals surface area contributed by atoms with Crippen LogP contribution in [0.2, 0.25) is 0 Å². The third-order valence-corrected chi connectivity index (χ3v) is 2.42. The Morgan fingerprint density at radius 3 is 2.32 bits per heavy atom. The molecule has 0 amide bonds. The lowest BCUT2D eigenvalue weighted by Crippen LogP contribution is -2.12. The van der Waals surface area contributed by atoms with E-state index >= 15 is 0 Å². The van der Waals surface area contributed by atoms with Crippen molar-refractivity contribution in [3.63, 3.8) is 0 Å². The smallest absolute Gasteiger partial charge is 0.408 e. The van der Waals surface area contributed by atoms with Gasteiger partial charge in [-0.3, -0.25) is 9.36 Å². The summed E-state index contributed by atoms with van der Waals surface area (Å²) in [5.74, 6) is -1.33. The Labute approximate surface area is 107 Å². The van der Waals surface area contributed by atoms with Crippen LogP contribution in [0.5, 0.6) is 5.88 Å². The van der Waals surface area contributed by atoms with E-state index in [0.717, 1.165) is 13.0 Å². The Balaban J connectivity index is 2.56. The fraction of sp³-hybridized carbons (Fsp3) is 0.154. The van der Waals surface area contributed by atoms with E-state index in [1.165, 1.54) is 10.8 Å². The summed E-state index contributed by atoms with van der Waals surface area (Å²) in [6, 6.07) is 9.22. The van der Waals surface area contributed by atoms with Crippen molar-refractivity contribution in [3.05, 3.63) is 48.2 Å². The average Bonchev–Trinajstić information content (AvgIpc) is 2.72. The molecule has 0 saturated carbocycles. The van der Waals surface area contributed by atoms with Gasteiger partial charge in [0, 0.05) is 18.8 Å². The molecule has 0 bridgehead atoms. The Hall–Kier alpha value is -2.24. The van der Waals surface area contributed by atoms with Gasteiger partial charge >= 0.3 is 12.1 Å². The summed E-state index contributed by atoms with van der Waals surface area (Å²) >= 11 is 0. The van der Waals surface area contributed by atoms with Gasteiger partial charge in [0.25, 0.3) is 0 Å². The Morgan fingerprint density at radius 2 is 1.79 bits per heavy atom. The number of hydrogen-bond acceptors (Lipinski definition) is 2. The van der Waals surface area contributed by atoms with Crippen molar-refractivity contribution in [2.24, 2.45) is 0 Å². The highest BCUT2D eigenvalue weighted by molar-refractivity contribution is 5.69. The molecule has 0 unspecified atom stereocenters. The molecular weight excluding hydrogens is 259 g/mol. The molecule has 1 heterocycles. The van der Waals surface area contributed by atoms with Crippen molar-refractivity contribution in [1.82, 2.24) is 4.57 Å². The van der Waals surface area contributed by atoms with E-state index in [-0.39, 0.29) is 0 Å². The van der Waals surface area contributed by atoms with Gasteiger partial charge in [0.2, 0.25) is 5.88 Å². The fourth-order valence-electron chi connectivity index (χ4n) is 1.67. The van der Waals surface area contributed by atoms with E-state index in [1.807, 2.05) is 0 Å². The van der Waals surface area contributed by atoms with E-state index in [2.05, 4.69) is 0 Å². The van der Waals surface area contributed by atoms with Crippen LogP contribution in [0.1, 0.15) is 12.5 Å². The topological polar surface area (TPSA) is 31.2 Å². The lowest BCUT2D eigenvalue weighted by atomic mass is 10.3. The third kappa shape index (κ3) is 2.78. The lowest BCUT2D eigenvalue weighted by molar-refractivity contribution is -0.141. The van der Waals surface area contributed by atoms with Crippen LogP contribution in [-0.2, 0) is 11.0 Å². The zero-order valence-electron chi connectivity index (χ0n) is 9.94. The van der Waals surface area contributed by atoms with Gasteiger partial charge in [-0.15, -0.1) is 0 Å². The average molecular weight is 269 g/mol. The molecular formula is C13H10F3NO2. The number of esters is 1. The normalized spacial score (nSPS) is 11.4. The minimum Gasteiger partial charge on any atom is -0.408 e. The van der Waals surface area contributed by atoms with Crippen LogP contribution >= 0.6 is 0 Å². The minimum atomic E-state index is -4.58. The molecule has 1 aromatic heterocycles. The van der Waals surface area contributed by atoms with E-state index in [1.54, 1.807) is 30.3 Å². The van der Waals surface area contributed by atoms with Crippen molar-refractivity contribution in [2.75, 3.05) is 0 Å². The Kier molecular flexibility index (Phi) is 3.33. The van der Waals surface area contributed by atoms with Crippen LogP contribution in [0, 0.1) is 0 Å². The van der Waals surface area contributed by atoms with Crippen LogP contribution in [0.4, 0.5) is 13.2 Å². The summed E-state index contributed by atoms with van der Waals surface area (Å²) in [4.78, 5) is 11.0. The van der Waals surface area contributed by atoms with Gasteiger partial charge in [-0.2, -0.15) is 13.2 Å². The second-order valence-electron chi connectivity index (χ2n) is 3.83. The third-order valence-electron chi connectivity index (χ3n) is 2.42. The molecule has 100 valence electrons. The predicted molar refractivity (Wildman–Crippen MR) is 62.1 cm³/mol. The summed E-state index contributed by atoms with van der Waals surface area (Å²) in [5, 5.41) is 0. The number of rotatable bonds is 2. The van der Waals surface area contributed by atoms with E-state index in [0.29, 0.717) is 5.69 Å². The zero-order chi connectivity index (χ0) is 14.0. The highest BCUT2D eigenvalue weighted by Crippen LogP contribution is 2.38. The molecule has 0 atom stereocenters. The number of para-hydroxylation sites is 1. The number of carbonyl (C=O) groups is 1. The number of hydrogen-bond donors (Lipinski definition) is 0. The summed E-state index contributed by atoms with van der Waals surface area (Å²) in [6.07, 6.45) is -3.36. The zero-order valence-corrected chi connectivity index (χ0v) is 9.94. The molecule has 0 saturated heterocycles. The second-order valence-corrected chi connectivity index (χ2v) is 3.83. The fourth-order valence-corrected chi connectivity index (χ4v) is 1.67. The summed E-state index contributed by atoms with van der Waals surface area (Å²) in [5.41, 5.74) is -0.499. The molecule has 0 spiro atoms. The number of ether oxygens (including phenoxy) is 1. The van der Waals surface area contributed by atoms with Crippen molar-refractivity contribution < 1.29 is 22.7 Å². The maximum absolute atomic E-state index is 12.8. The van der Waals surface area contributed by atoms with Crippen LogP contribution < -0.4 is 4.74 Å². The molecule has 3 nitrogen and oxygen atoms in total. The van der Waals surface area contributed by atoms with Crippen molar-refractivity contribution in [3.8, 4) is 11.6 Å². The molecule has 0 fully saturated rings. The van der Waals surface area contributed by atoms with Gasteiger partial charge in [-0.1, -0.05) is 18.2 Å². The van der Waals surface area contributed by atoms with Crippen LogP contribution in [0.15, 0.2) is 42.6 Å². The number of benzene rings is 1. The second kappa shape index (κ2) is 4.79. The van der Waals surface area contributed by atoms with Gasteiger partial charge in [0.05, 0.1) is 0 Å². The lowest BCUT2D eigenvalue weighted by Gasteiger charge is -2.12. The standard InChI is InChI=1S/C13H10F3NO2/c1-9(18)19-12-11(13(14,15)16)7-8-17(12)10-5-3-2-4-6-10/h2-8H,1H3. The number of halogens is 3. The maximum atomic E-state index is 12.8. The van der Waals surface area contributed by atoms with E-state index in [9.17, 15) is 18.0 Å². The largest absolute Gasteiger partial charge is 0.421 e. The van der Waals surface area contributed by atoms with Crippen molar-refractivity contribution >= 4 is 5.97 Å². The highest BCUT2D eigenvalue weighted by atomic mass is 19.4. The Morgan fingerprint density at radius 1 is 1.16 bits per heavy atom. The monoisotopic (exact) mass is 269 g/mol. The van der Waals surface area contributed by atoms with Gasteiger partial charge in [0.15, 0.2) is 0 Å². The van der Waals surface area contributed by atoms with Gasteiger partial charge in [0.1, 0.15) is 5.56 Å². The van der Waals surface area contributed by atoms with Gasteiger partial charge < -0.3 is 4.74 Å². The van der Waals surface area contributed by atoms with Crippen LogP contribution in [-0.4, -0.2) is 10.5 Å². The minimum absolute atomic E-state index is 0.481. The number of nitrogens with zero attached hydrogens (tertiary/aromatic N) is 1. The maximum Gasteiger partial charge on any atom is 0.421 e. The SMILES string of the molecule is CC(=O)Oc1c(C(F)(F)F)ccn1-c1ccccc1. The number of carbonyl (C=O) groups excluding carboxylic acids is 1. The molecule has 19 heavy (non-hydrogen) atoms. The first kappa shape index (κ1) is 13.2. The van der Waals surface area contributed by atoms with Gasteiger partial charge in [-0.05, 0) is 18.2 Å². The molecule has 0 aliphatic rings.